The fourth-order valence-electron chi connectivity index (χ4n) is 3.09. The van der Waals surface area contributed by atoms with Crippen LogP contribution in [0.15, 0.2) is 10.9 Å². The highest BCUT2D eigenvalue weighted by molar-refractivity contribution is 5.42. The van der Waals surface area contributed by atoms with Crippen molar-refractivity contribution in [2.75, 3.05) is 12.3 Å². The van der Waals surface area contributed by atoms with Crippen LogP contribution >= 0.6 is 0 Å². The van der Waals surface area contributed by atoms with Crippen molar-refractivity contribution in [3.8, 4) is 0 Å². The van der Waals surface area contributed by atoms with Gasteiger partial charge in [-0.2, -0.15) is 0 Å². The first kappa shape index (κ1) is 11.8. The van der Waals surface area contributed by atoms with Crippen LogP contribution in [0.5, 0.6) is 0 Å². The molecule has 1 fully saturated rings. The van der Waals surface area contributed by atoms with Gasteiger partial charge in [-0.1, -0.05) is 0 Å². The number of nitrogens with zero attached hydrogens (tertiary/aromatic N) is 1. The molecule has 2 N–H and O–H groups in total. The number of ether oxygens (including phenoxy) is 1. The Morgan fingerprint density at radius 1 is 1.33 bits per heavy atom. The lowest BCUT2D eigenvalue weighted by Gasteiger charge is -2.23. The topological polar surface area (TPSA) is 57.2 Å². The number of pyridine rings is 1. The summed E-state index contributed by atoms with van der Waals surface area (Å²) < 4.78 is 7.52. The Morgan fingerprint density at radius 2 is 2.17 bits per heavy atom. The van der Waals surface area contributed by atoms with E-state index in [4.69, 9.17) is 10.5 Å². The standard InChI is InChI=1S/C14H20N2O2/c15-12-8-10-4-1-2-6-13(10)16(14(12)17)9-11-5-3-7-18-11/h8,11H,1-7,9,15H2. The van der Waals surface area contributed by atoms with Gasteiger partial charge in [-0.25, -0.2) is 0 Å². The van der Waals surface area contributed by atoms with Crippen LogP contribution in [0.2, 0.25) is 0 Å². The Kier molecular flexibility index (Phi) is 3.12. The number of aryl methyl sites for hydroxylation is 1. The average molecular weight is 248 g/mol. The molecule has 1 unspecified atom stereocenters. The van der Waals surface area contributed by atoms with Crippen molar-refractivity contribution < 1.29 is 4.74 Å². The van der Waals surface area contributed by atoms with E-state index in [-0.39, 0.29) is 11.7 Å². The zero-order valence-corrected chi connectivity index (χ0v) is 10.7. The van der Waals surface area contributed by atoms with Crippen molar-refractivity contribution in [3.63, 3.8) is 0 Å². The van der Waals surface area contributed by atoms with Crippen LogP contribution in [0.4, 0.5) is 5.69 Å². The largest absolute Gasteiger partial charge is 0.394 e. The van der Waals surface area contributed by atoms with Crippen LogP contribution in [-0.2, 0) is 24.1 Å². The molecule has 3 rings (SSSR count). The molecular weight excluding hydrogens is 228 g/mol. The number of fused-ring (bicyclic) bond motifs is 1. The van der Waals surface area contributed by atoms with Gasteiger partial charge in [-0.05, 0) is 50.2 Å². The van der Waals surface area contributed by atoms with E-state index in [9.17, 15) is 4.79 Å². The summed E-state index contributed by atoms with van der Waals surface area (Å²) in [6, 6.07) is 1.88. The van der Waals surface area contributed by atoms with Gasteiger partial charge < -0.3 is 15.0 Å². The second-order valence-electron chi connectivity index (χ2n) is 5.33. The van der Waals surface area contributed by atoms with Gasteiger partial charge in [0.25, 0.3) is 5.56 Å². The van der Waals surface area contributed by atoms with Gasteiger partial charge in [0.05, 0.1) is 18.3 Å². The Hall–Kier alpha value is -1.29. The molecular formula is C14H20N2O2. The molecule has 0 aromatic carbocycles. The summed E-state index contributed by atoms with van der Waals surface area (Å²) in [5.41, 5.74) is 8.64. The quantitative estimate of drug-likeness (QED) is 0.862. The van der Waals surface area contributed by atoms with E-state index in [0.717, 1.165) is 32.3 Å². The van der Waals surface area contributed by atoms with E-state index >= 15 is 0 Å². The van der Waals surface area contributed by atoms with Crippen LogP contribution in [0.3, 0.4) is 0 Å². The molecule has 1 atom stereocenters. The smallest absolute Gasteiger partial charge is 0.273 e. The fourth-order valence-corrected chi connectivity index (χ4v) is 3.09. The molecule has 1 aromatic heterocycles. The summed E-state index contributed by atoms with van der Waals surface area (Å²) in [7, 11) is 0. The summed E-state index contributed by atoms with van der Waals surface area (Å²) in [6.07, 6.45) is 6.76. The second-order valence-corrected chi connectivity index (χ2v) is 5.33. The minimum absolute atomic E-state index is 0.0360. The van der Waals surface area contributed by atoms with Crippen molar-refractivity contribution in [2.24, 2.45) is 0 Å². The normalized spacial score (nSPS) is 23.0. The first-order valence-electron chi connectivity index (χ1n) is 6.88. The number of nitrogen functional groups attached to an aromatic ring is 1. The second kappa shape index (κ2) is 4.76. The first-order valence-corrected chi connectivity index (χ1v) is 6.88. The summed E-state index contributed by atoms with van der Waals surface area (Å²) in [4.78, 5) is 12.2. The van der Waals surface area contributed by atoms with Crippen molar-refractivity contribution >= 4 is 5.69 Å². The Bertz CT molecular complexity index is 501. The van der Waals surface area contributed by atoms with Crippen LogP contribution < -0.4 is 11.3 Å². The molecule has 0 spiro atoms. The van der Waals surface area contributed by atoms with Gasteiger partial charge >= 0.3 is 0 Å². The Morgan fingerprint density at radius 3 is 2.94 bits per heavy atom. The highest BCUT2D eigenvalue weighted by atomic mass is 16.5. The molecule has 1 aromatic rings. The third-order valence-corrected chi connectivity index (χ3v) is 4.04. The SMILES string of the molecule is Nc1cc2c(n(CC3CCCO3)c1=O)CCCC2. The lowest BCUT2D eigenvalue weighted by atomic mass is 9.95. The van der Waals surface area contributed by atoms with E-state index in [0.29, 0.717) is 12.2 Å². The zero-order chi connectivity index (χ0) is 12.5. The third-order valence-electron chi connectivity index (χ3n) is 4.04. The minimum Gasteiger partial charge on any atom is -0.394 e. The van der Waals surface area contributed by atoms with E-state index in [1.807, 2.05) is 10.6 Å². The molecule has 1 aliphatic carbocycles. The maximum Gasteiger partial charge on any atom is 0.273 e. The van der Waals surface area contributed by atoms with E-state index in [2.05, 4.69) is 0 Å². The van der Waals surface area contributed by atoms with Gasteiger partial charge in [0.2, 0.25) is 0 Å². The van der Waals surface area contributed by atoms with Gasteiger partial charge in [-0.15, -0.1) is 0 Å². The average Bonchev–Trinajstić information content (AvgIpc) is 2.88. The number of rotatable bonds is 2. The fraction of sp³-hybridized carbons (Fsp3) is 0.643. The van der Waals surface area contributed by atoms with Gasteiger partial charge in [0, 0.05) is 12.3 Å². The monoisotopic (exact) mass is 248 g/mol. The molecule has 0 amide bonds. The first-order chi connectivity index (χ1) is 8.75. The zero-order valence-electron chi connectivity index (χ0n) is 10.7. The van der Waals surface area contributed by atoms with Crippen LogP contribution in [-0.4, -0.2) is 17.3 Å². The van der Waals surface area contributed by atoms with Crippen LogP contribution in [0.25, 0.3) is 0 Å². The summed E-state index contributed by atoms with van der Waals surface area (Å²) in [5, 5.41) is 0. The van der Waals surface area contributed by atoms with E-state index in [1.165, 1.54) is 24.1 Å². The molecule has 0 bridgehead atoms. The summed E-state index contributed by atoms with van der Waals surface area (Å²) in [5.74, 6) is 0. The van der Waals surface area contributed by atoms with Crippen LogP contribution in [0.1, 0.15) is 36.9 Å². The Labute approximate surface area is 107 Å². The van der Waals surface area contributed by atoms with Crippen LogP contribution in [0, 0.1) is 0 Å². The molecule has 18 heavy (non-hydrogen) atoms. The molecule has 98 valence electrons. The van der Waals surface area contributed by atoms with Crippen molar-refractivity contribution in [3.05, 3.63) is 27.7 Å². The lowest BCUT2D eigenvalue weighted by Crippen LogP contribution is -2.32. The minimum atomic E-state index is -0.0360. The Balaban J connectivity index is 1.99. The molecule has 4 nitrogen and oxygen atoms in total. The van der Waals surface area contributed by atoms with Gasteiger partial charge in [-0.3, -0.25) is 4.79 Å². The van der Waals surface area contributed by atoms with E-state index in [1.54, 1.807) is 0 Å². The van der Waals surface area contributed by atoms with E-state index < -0.39 is 0 Å². The summed E-state index contributed by atoms with van der Waals surface area (Å²) >= 11 is 0. The third kappa shape index (κ3) is 2.05. The molecule has 0 saturated carbocycles. The lowest BCUT2D eigenvalue weighted by molar-refractivity contribution is 0.0953. The number of nitrogens with two attached hydrogens (primary N) is 1. The predicted octanol–water partition coefficient (Wildman–Crippen LogP) is 1.49. The highest BCUT2D eigenvalue weighted by Crippen LogP contribution is 2.23. The number of hydrogen-bond donors (Lipinski definition) is 1. The number of aromatic nitrogens is 1. The predicted molar refractivity (Wildman–Crippen MR) is 70.7 cm³/mol. The number of anilines is 1. The van der Waals surface area contributed by atoms with Gasteiger partial charge in [0.1, 0.15) is 0 Å². The van der Waals surface area contributed by atoms with Crippen molar-refractivity contribution in [1.82, 2.24) is 4.57 Å². The maximum absolute atomic E-state index is 12.2. The van der Waals surface area contributed by atoms with Gasteiger partial charge in [0.15, 0.2) is 0 Å². The van der Waals surface area contributed by atoms with Crippen molar-refractivity contribution in [2.45, 2.75) is 51.2 Å². The molecule has 1 saturated heterocycles. The molecule has 2 heterocycles. The molecule has 0 radical (unpaired) electrons. The number of hydrogen-bond acceptors (Lipinski definition) is 3. The highest BCUT2D eigenvalue weighted by Gasteiger charge is 2.21. The molecule has 2 aliphatic rings. The molecule has 4 heteroatoms. The maximum atomic E-state index is 12.2. The molecule has 1 aliphatic heterocycles. The van der Waals surface area contributed by atoms with Crippen molar-refractivity contribution in [1.29, 1.82) is 0 Å². The summed E-state index contributed by atoms with van der Waals surface area (Å²) in [6.45, 7) is 1.50.